The summed E-state index contributed by atoms with van der Waals surface area (Å²) in [5, 5.41) is 2.75. The monoisotopic (exact) mass is 277 g/mol. The quantitative estimate of drug-likeness (QED) is 0.363. The van der Waals surface area contributed by atoms with Crippen LogP contribution in [0.25, 0.3) is 0 Å². The average Bonchev–Trinajstić information content (AvgIpc) is 2.24. The fraction of sp³-hybridized carbons (Fsp3) is 0.750. The van der Waals surface area contributed by atoms with E-state index in [0.717, 1.165) is 32.1 Å². The highest BCUT2D eigenvalue weighted by Crippen LogP contribution is 2.06. The molecule has 0 aromatic carbocycles. The molecule has 106 valence electrons. The molecule has 0 saturated carbocycles. The van der Waals surface area contributed by atoms with Gasteiger partial charge in [-0.25, -0.2) is 0 Å². The second-order valence-electron chi connectivity index (χ2n) is 4.44. The van der Waals surface area contributed by atoms with Crippen molar-refractivity contribution in [2.24, 2.45) is 0 Å². The van der Waals surface area contributed by atoms with E-state index < -0.39 is 10.1 Å². The van der Waals surface area contributed by atoms with Crippen molar-refractivity contribution in [3.63, 3.8) is 0 Å². The highest BCUT2D eigenvalue weighted by molar-refractivity contribution is 7.85. The first-order valence-electron chi connectivity index (χ1n) is 6.22. The Morgan fingerprint density at radius 2 is 1.61 bits per heavy atom. The van der Waals surface area contributed by atoms with E-state index in [2.05, 4.69) is 11.9 Å². The Morgan fingerprint density at radius 1 is 1.11 bits per heavy atom. The minimum Gasteiger partial charge on any atom is -0.352 e. The first-order valence-corrected chi connectivity index (χ1v) is 7.82. The predicted molar refractivity (Wildman–Crippen MR) is 71.9 cm³/mol. The predicted octanol–water partition coefficient (Wildman–Crippen LogP) is 1.91. The molecular weight excluding hydrogens is 254 g/mol. The van der Waals surface area contributed by atoms with Crippen molar-refractivity contribution in [2.75, 3.05) is 12.3 Å². The molecule has 1 amide bonds. The van der Waals surface area contributed by atoms with Crippen molar-refractivity contribution >= 4 is 16.0 Å². The van der Waals surface area contributed by atoms with Crippen LogP contribution in [-0.4, -0.2) is 31.2 Å². The molecule has 0 aromatic heterocycles. The highest BCUT2D eigenvalue weighted by atomic mass is 32.2. The van der Waals surface area contributed by atoms with Gasteiger partial charge in [0.2, 0.25) is 5.91 Å². The molecule has 0 heterocycles. The van der Waals surface area contributed by atoms with E-state index in [-0.39, 0.29) is 11.7 Å². The molecule has 0 aromatic rings. The Hall–Kier alpha value is -0.880. The SMILES string of the molecule is C=C(C)C(=O)NCCCCCCCCS(=O)(=O)O. The van der Waals surface area contributed by atoms with E-state index >= 15 is 0 Å². The first-order chi connectivity index (χ1) is 8.33. The van der Waals surface area contributed by atoms with Crippen LogP contribution in [0.2, 0.25) is 0 Å². The van der Waals surface area contributed by atoms with Crippen molar-refractivity contribution in [1.82, 2.24) is 5.32 Å². The van der Waals surface area contributed by atoms with E-state index in [4.69, 9.17) is 4.55 Å². The number of hydrogen-bond acceptors (Lipinski definition) is 3. The molecule has 0 spiro atoms. The minimum atomic E-state index is -3.80. The van der Waals surface area contributed by atoms with Crippen molar-refractivity contribution in [3.8, 4) is 0 Å². The number of nitrogens with one attached hydrogen (secondary N) is 1. The van der Waals surface area contributed by atoms with Crippen molar-refractivity contribution in [2.45, 2.75) is 45.4 Å². The smallest absolute Gasteiger partial charge is 0.264 e. The Morgan fingerprint density at radius 3 is 2.11 bits per heavy atom. The molecule has 0 bridgehead atoms. The average molecular weight is 277 g/mol. The van der Waals surface area contributed by atoms with Crippen LogP contribution in [0.5, 0.6) is 0 Å². The fourth-order valence-electron chi connectivity index (χ4n) is 1.47. The number of amides is 1. The molecule has 0 fully saturated rings. The van der Waals surface area contributed by atoms with Gasteiger partial charge in [0.25, 0.3) is 10.1 Å². The zero-order valence-corrected chi connectivity index (χ0v) is 11.8. The summed E-state index contributed by atoms with van der Waals surface area (Å²) in [7, 11) is -3.80. The highest BCUT2D eigenvalue weighted by Gasteiger charge is 2.03. The lowest BCUT2D eigenvalue weighted by Crippen LogP contribution is -2.24. The zero-order valence-electron chi connectivity index (χ0n) is 10.9. The summed E-state index contributed by atoms with van der Waals surface area (Å²) in [5.41, 5.74) is 0.514. The molecule has 6 heteroatoms. The minimum absolute atomic E-state index is 0.108. The molecule has 5 nitrogen and oxygen atoms in total. The van der Waals surface area contributed by atoms with Gasteiger partial charge in [0, 0.05) is 12.1 Å². The Labute approximate surface area is 109 Å². The van der Waals surface area contributed by atoms with Gasteiger partial charge in [0.1, 0.15) is 0 Å². The van der Waals surface area contributed by atoms with Gasteiger partial charge >= 0.3 is 0 Å². The number of hydrogen-bond donors (Lipinski definition) is 2. The Balaban J connectivity index is 3.27. The maximum absolute atomic E-state index is 11.1. The lowest BCUT2D eigenvalue weighted by atomic mass is 10.1. The summed E-state index contributed by atoms with van der Waals surface area (Å²) in [6.07, 6.45) is 5.18. The van der Waals surface area contributed by atoms with E-state index in [1.807, 2.05) is 0 Å². The molecule has 18 heavy (non-hydrogen) atoms. The third-order valence-electron chi connectivity index (χ3n) is 2.50. The van der Waals surface area contributed by atoms with Crippen LogP contribution in [0.4, 0.5) is 0 Å². The van der Waals surface area contributed by atoms with Crippen LogP contribution in [0.15, 0.2) is 12.2 Å². The second kappa shape index (κ2) is 9.10. The van der Waals surface area contributed by atoms with Crippen LogP contribution in [0.3, 0.4) is 0 Å². The third-order valence-corrected chi connectivity index (χ3v) is 3.31. The summed E-state index contributed by atoms with van der Waals surface area (Å²) >= 11 is 0. The molecule has 0 aliphatic carbocycles. The van der Waals surface area contributed by atoms with Crippen molar-refractivity contribution in [3.05, 3.63) is 12.2 Å². The van der Waals surface area contributed by atoms with E-state index in [1.54, 1.807) is 6.92 Å². The maximum atomic E-state index is 11.1. The molecule has 2 N–H and O–H groups in total. The Bertz CT molecular complexity index is 362. The summed E-state index contributed by atoms with van der Waals surface area (Å²) in [4.78, 5) is 11.1. The van der Waals surface area contributed by atoms with Crippen LogP contribution < -0.4 is 5.32 Å². The van der Waals surface area contributed by atoms with Crippen LogP contribution in [-0.2, 0) is 14.9 Å². The van der Waals surface area contributed by atoms with Gasteiger partial charge in [0.05, 0.1) is 5.75 Å². The van der Waals surface area contributed by atoms with E-state index in [1.165, 1.54) is 0 Å². The van der Waals surface area contributed by atoms with Crippen molar-refractivity contribution < 1.29 is 17.8 Å². The summed E-state index contributed by atoms with van der Waals surface area (Å²) < 4.78 is 29.4. The van der Waals surface area contributed by atoms with Gasteiger partial charge in [-0.15, -0.1) is 0 Å². The first kappa shape index (κ1) is 17.1. The Kier molecular flexibility index (Phi) is 8.66. The molecule has 0 aliphatic heterocycles. The summed E-state index contributed by atoms with van der Waals surface area (Å²) in [5.74, 6) is -0.259. The molecule has 0 atom stereocenters. The van der Waals surface area contributed by atoms with Gasteiger partial charge in [-0.05, 0) is 19.8 Å². The lowest BCUT2D eigenvalue weighted by molar-refractivity contribution is -0.117. The van der Waals surface area contributed by atoms with Gasteiger partial charge in [-0.2, -0.15) is 8.42 Å². The molecule has 0 unspecified atom stereocenters. The maximum Gasteiger partial charge on any atom is 0.264 e. The molecular formula is C12H23NO4S. The van der Waals surface area contributed by atoms with Gasteiger partial charge in [0.15, 0.2) is 0 Å². The van der Waals surface area contributed by atoms with E-state index in [0.29, 0.717) is 18.5 Å². The summed E-state index contributed by atoms with van der Waals surface area (Å²) in [6.45, 7) is 5.86. The second-order valence-corrected chi connectivity index (χ2v) is 6.02. The van der Waals surface area contributed by atoms with Crippen LogP contribution in [0, 0.1) is 0 Å². The lowest BCUT2D eigenvalue weighted by Gasteiger charge is -2.04. The molecule has 0 saturated heterocycles. The molecule has 0 radical (unpaired) electrons. The van der Waals surface area contributed by atoms with Crippen molar-refractivity contribution in [1.29, 1.82) is 0 Å². The topological polar surface area (TPSA) is 83.5 Å². The van der Waals surface area contributed by atoms with Crippen LogP contribution in [0.1, 0.15) is 45.4 Å². The van der Waals surface area contributed by atoms with Crippen LogP contribution >= 0.6 is 0 Å². The number of unbranched alkanes of at least 4 members (excludes halogenated alkanes) is 5. The fourth-order valence-corrected chi connectivity index (χ4v) is 2.04. The molecule has 0 rings (SSSR count). The normalized spacial score (nSPS) is 11.2. The molecule has 0 aliphatic rings. The van der Waals surface area contributed by atoms with E-state index in [9.17, 15) is 13.2 Å². The van der Waals surface area contributed by atoms with Gasteiger partial charge in [-0.3, -0.25) is 9.35 Å². The largest absolute Gasteiger partial charge is 0.352 e. The van der Waals surface area contributed by atoms with Gasteiger partial charge < -0.3 is 5.32 Å². The number of carbonyl (C=O) groups excluding carboxylic acids is 1. The number of rotatable bonds is 10. The number of carbonyl (C=O) groups is 1. The zero-order chi connectivity index (χ0) is 14.0. The standard InChI is InChI=1S/C12H23NO4S/c1-11(2)12(14)13-9-7-5-3-4-6-8-10-18(15,16)17/h1,3-10H2,2H3,(H,13,14)(H,15,16,17). The third kappa shape index (κ3) is 11.6. The van der Waals surface area contributed by atoms with Gasteiger partial charge in [-0.1, -0.05) is 32.3 Å². The summed E-state index contributed by atoms with van der Waals surface area (Å²) in [6, 6.07) is 0.